The van der Waals surface area contributed by atoms with E-state index in [9.17, 15) is 5.11 Å². The van der Waals surface area contributed by atoms with E-state index in [-0.39, 0.29) is 6.10 Å². The van der Waals surface area contributed by atoms with Gasteiger partial charge in [0.2, 0.25) is 0 Å². The zero-order chi connectivity index (χ0) is 11.1. The predicted molar refractivity (Wildman–Crippen MR) is 60.6 cm³/mol. The van der Waals surface area contributed by atoms with Crippen LogP contribution in [0, 0.1) is 12.3 Å². The largest absolute Gasteiger partial charge is 0.493 e. The van der Waals surface area contributed by atoms with Gasteiger partial charge in [0, 0.05) is 6.42 Å². The van der Waals surface area contributed by atoms with Gasteiger partial charge >= 0.3 is 0 Å². The van der Waals surface area contributed by atoms with Crippen LogP contribution < -0.4 is 4.74 Å². The van der Waals surface area contributed by atoms with Crippen LogP contribution in [0.4, 0.5) is 0 Å². The Morgan fingerprint density at radius 3 is 2.60 bits per heavy atom. The van der Waals surface area contributed by atoms with E-state index < -0.39 is 0 Å². The third-order valence-corrected chi connectivity index (χ3v) is 2.17. The molecule has 0 aliphatic rings. The molecule has 0 amide bonds. The first kappa shape index (κ1) is 11.6. The van der Waals surface area contributed by atoms with Crippen molar-refractivity contribution in [3.05, 3.63) is 29.8 Å². The van der Waals surface area contributed by atoms with Crippen LogP contribution in [0.2, 0.25) is 0 Å². The number of benzene rings is 1. The van der Waals surface area contributed by atoms with E-state index in [4.69, 9.17) is 11.2 Å². The van der Waals surface area contributed by atoms with Crippen LogP contribution >= 0.6 is 0 Å². The summed E-state index contributed by atoms with van der Waals surface area (Å²) in [7, 11) is 0. The standard InChI is InChI=1S/C13H16O2/c1-3-5-10-15-12-8-6-11(7-9-12)13(14)4-2/h1,6-9,13-14H,4-5,10H2,2H3. The number of hydrogen-bond acceptors (Lipinski definition) is 2. The Balaban J connectivity index is 2.53. The zero-order valence-corrected chi connectivity index (χ0v) is 8.94. The van der Waals surface area contributed by atoms with Gasteiger partial charge < -0.3 is 9.84 Å². The van der Waals surface area contributed by atoms with Gasteiger partial charge in [-0.15, -0.1) is 12.3 Å². The average Bonchev–Trinajstić information content (AvgIpc) is 2.29. The SMILES string of the molecule is C#CCCOc1ccc(C(O)CC)cc1. The summed E-state index contributed by atoms with van der Waals surface area (Å²) >= 11 is 0. The smallest absolute Gasteiger partial charge is 0.119 e. The molecule has 1 aromatic rings. The van der Waals surface area contributed by atoms with Crippen molar-refractivity contribution in [3.63, 3.8) is 0 Å². The molecule has 0 heterocycles. The molecule has 0 radical (unpaired) electrons. The maximum atomic E-state index is 9.57. The van der Waals surface area contributed by atoms with Gasteiger partial charge in [0.05, 0.1) is 12.7 Å². The minimum absolute atomic E-state index is 0.384. The molecule has 0 aliphatic heterocycles. The highest BCUT2D eigenvalue weighted by Gasteiger charge is 2.03. The molecule has 1 atom stereocenters. The van der Waals surface area contributed by atoms with Gasteiger partial charge in [-0.3, -0.25) is 0 Å². The molecule has 1 aromatic carbocycles. The summed E-state index contributed by atoms with van der Waals surface area (Å²) < 4.78 is 5.39. The molecule has 0 spiro atoms. The van der Waals surface area contributed by atoms with Crippen LogP contribution in [0.15, 0.2) is 24.3 Å². The summed E-state index contributed by atoms with van der Waals surface area (Å²) in [6.45, 7) is 2.48. The second kappa shape index (κ2) is 6.10. The van der Waals surface area contributed by atoms with Crippen LogP contribution in [0.5, 0.6) is 5.75 Å². The quantitative estimate of drug-likeness (QED) is 0.590. The summed E-state index contributed by atoms with van der Waals surface area (Å²) in [6.07, 6.45) is 6.06. The molecule has 1 N–H and O–H groups in total. The molecule has 80 valence electrons. The number of aliphatic hydroxyl groups is 1. The number of ether oxygens (including phenoxy) is 1. The molecular formula is C13H16O2. The highest BCUT2D eigenvalue weighted by molar-refractivity contribution is 5.28. The molecule has 0 fully saturated rings. The van der Waals surface area contributed by atoms with Gasteiger partial charge in [-0.05, 0) is 24.1 Å². The molecule has 2 nitrogen and oxygen atoms in total. The van der Waals surface area contributed by atoms with E-state index >= 15 is 0 Å². The molecule has 0 saturated carbocycles. The highest BCUT2D eigenvalue weighted by atomic mass is 16.5. The summed E-state index contributed by atoms with van der Waals surface area (Å²) in [6, 6.07) is 7.45. The van der Waals surface area contributed by atoms with Crippen molar-refractivity contribution in [1.29, 1.82) is 0 Å². The van der Waals surface area contributed by atoms with Crippen molar-refractivity contribution >= 4 is 0 Å². The van der Waals surface area contributed by atoms with E-state index in [1.165, 1.54) is 0 Å². The van der Waals surface area contributed by atoms with Gasteiger partial charge in [0.25, 0.3) is 0 Å². The second-order valence-corrected chi connectivity index (χ2v) is 3.30. The van der Waals surface area contributed by atoms with Crippen LogP contribution in [0.3, 0.4) is 0 Å². The average molecular weight is 204 g/mol. The Morgan fingerprint density at radius 2 is 2.07 bits per heavy atom. The lowest BCUT2D eigenvalue weighted by atomic mass is 10.1. The fourth-order valence-corrected chi connectivity index (χ4v) is 1.25. The topological polar surface area (TPSA) is 29.5 Å². The third kappa shape index (κ3) is 3.65. The molecular weight excluding hydrogens is 188 g/mol. The first-order valence-corrected chi connectivity index (χ1v) is 5.12. The molecule has 0 aromatic heterocycles. The predicted octanol–water partition coefficient (Wildman–Crippen LogP) is 2.53. The van der Waals surface area contributed by atoms with Crippen molar-refractivity contribution in [1.82, 2.24) is 0 Å². The number of rotatable bonds is 5. The van der Waals surface area contributed by atoms with E-state index in [0.29, 0.717) is 13.0 Å². The molecule has 15 heavy (non-hydrogen) atoms. The van der Waals surface area contributed by atoms with Crippen LogP contribution in [-0.4, -0.2) is 11.7 Å². The molecule has 1 rings (SSSR count). The lowest BCUT2D eigenvalue weighted by Gasteiger charge is -2.09. The minimum Gasteiger partial charge on any atom is -0.493 e. The minimum atomic E-state index is -0.384. The Hall–Kier alpha value is -1.46. The summed E-state index contributed by atoms with van der Waals surface area (Å²) in [5, 5.41) is 9.57. The Kier molecular flexibility index (Phi) is 4.73. The third-order valence-electron chi connectivity index (χ3n) is 2.17. The molecule has 2 heteroatoms. The summed E-state index contributed by atoms with van der Waals surface area (Å²) in [5.74, 6) is 3.30. The monoisotopic (exact) mass is 204 g/mol. The molecule has 1 unspecified atom stereocenters. The Labute approximate surface area is 90.9 Å². The summed E-state index contributed by atoms with van der Waals surface area (Å²) in [4.78, 5) is 0. The van der Waals surface area contributed by atoms with Crippen molar-refractivity contribution in [2.45, 2.75) is 25.9 Å². The van der Waals surface area contributed by atoms with Gasteiger partial charge in [0.1, 0.15) is 5.75 Å². The Bertz CT molecular complexity index is 321. The van der Waals surface area contributed by atoms with E-state index in [0.717, 1.165) is 17.7 Å². The number of terminal acetylenes is 1. The fourth-order valence-electron chi connectivity index (χ4n) is 1.25. The fraction of sp³-hybridized carbons (Fsp3) is 0.385. The molecule has 0 saturated heterocycles. The van der Waals surface area contributed by atoms with Crippen LogP contribution in [0.1, 0.15) is 31.4 Å². The van der Waals surface area contributed by atoms with Gasteiger partial charge in [-0.25, -0.2) is 0 Å². The van der Waals surface area contributed by atoms with Crippen molar-refractivity contribution in [2.24, 2.45) is 0 Å². The number of aliphatic hydroxyl groups excluding tert-OH is 1. The van der Waals surface area contributed by atoms with Crippen LogP contribution in [-0.2, 0) is 0 Å². The van der Waals surface area contributed by atoms with E-state index in [1.807, 2.05) is 31.2 Å². The normalized spacial score (nSPS) is 11.8. The molecule has 0 aliphatic carbocycles. The van der Waals surface area contributed by atoms with Crippen molar-refractivity contribution < 1.29 is 9.84 Å². The maximum absolute atomic E-state index is 9.57. The van der Waals surface area contributed by atoms with Gasteiger partial charge in [0.15, 0.2) is 0 Å². The molecule has 0 bridgehead atoms. The first-order chi connectivity index (χ1) is 7.27. The zero-order valence-electron chi connectivity index (χ0n) is 8.94. The number of hydrogen-bond donors (Lipinski definition) is 1. The highest BCUT2D eigenvalue weighted by Crippen LogP contribution is 2.19. The van der Waals surface area contributed by atoms with Crippen molar-refractivity contribution in [3.8, 4) is 18.1 Å². The van der Waals surface area contributed by atoms with Crippen molar-refractivity contribution in [2.75, 3.05) is 6.61 Å². The van der Waals surface area contributed by atoms with E-state index in [2.05, 4.69) is 5.92 Å². The van der Waals surface area contributed by atoms with Crippen LogP contribution in [0.25, 0.3) is 0 Å². The Morgan fingerprint density at radius 1 is 1.40 bits per heavy atom. The lowest BCUT2D eigenvalue weighted by Crippen LogP contribution is -1.97. The first-order valence-electron chi connectivity index (χ1n) is 5.12. The van der Waals surface area contributed by atoms with E-state index in [1.54, 1.807) is 0 Å². The van der Waals surface area contributed by atoms with Gasteiger partial charge in [-0.1, -0.05) is 19.1 Å². The summed E-state index contributed by atoms with van der Waals surface area (Å²) in [5.41, 5.74) is 0.918. The second-order valence-electron chi connectivity index (χ2n) is 3.30. The van der Waals surface area contributed by atoms with Gasteiger partial charge in [-0.2, -0.15) is 0 Å². The lowest BCUT2D eigenvalue weighted by molar-refractivity contribution is 0.173. The maximum Gasteiger partial charge on any atom is 0.119 e.